The Morgan fingerprint density at radius 2 is 1.95 bits per heavy atom. The molecule has 1 aromatic carbocycles. The number of carbonyl (C=O) groups excluding carboxylic acids is 2. The number of amides is 2. The summed E-state index contributed by atoms with van der Waals surface area (Å²) in [5.41, 5.74) is 2.05. The fourth-order valence-corrected chi connectivity index (χ4v) is 1.92. The monoisotopic (exact) mass is 292 g/mol. The van der Waals surface area contributed by atoms with Gasteiger partial charge in [-0.2, -0.15) is 0 Å². The van der Waals surface area contributed by atoms with E-state index in [-0.39, 0.29) is 17.9 Å². The van der Waals surface area contributed by atoms with Crippen molar-refractivity contribution in [1.29, 1.82) is 0 Å². The van der Waals surface area contributed by atoms with Gasteiger partial charge in [-0.15, -0.1) is 0 Å². The summed E-state index contributed by atoms with van der Waals surface area (Å²) in [5, 5.41) is 5.64. The highest BCUT2D eigenvalue weighted by atomic mass is 16.5. The number of hydrogen-bond donors (Lipinski definition) is 2. The summed E-state index contributed by atoms with van der Waals surface area (Å²) in [4.78, 5) is 24.1. The van der Waals surface area contributed by atoms with Crippen molar-refractivity contribution in [2.24, 2.45) is 0 Å². The van der Waals surface area contributed by atoms with Crippen LogP contribution in [-0.2, 0) is 9.53 Å². The number of aryl methyl sites for hydroxylation is 1. The van der Waals surface area contributed by atoms with Gasteiger partial charge in [-0.1, -0.05) is 13.0 Å². The van der Waals surface area contributed by atoms with E-state index in [0.717, 1.165) is 5.56 Å². The van der Waals surface area contributed by atoms with E-state index in [4.69, 9.17) is 4.74 Å². The van der Waals surface area contributed by atoms with Crippen LogP contribution in [0.2, 0.25) is 0 Å². The summed E-state index contributed by atoms with van der Waals surface area (Å²) in [5.74, 6) is -0.358. The summed E-state index contributed by atoms with van der Waals surface area (Å²) in [6, 6.07) is 5.32. The Morgan fingerprint density at radius 1 is 1.29 bits per heavy atom. The van der Waals surface area contributed by atoms with Crippen molar-refractivity contribution in [3.05, 3.63) is 29.3 Å². The highest BCUT2D eigenvalue weighted by molar-refractivity contribution is 5.99. The first-order chi connectivity index (χ1) is 9.88. The number of carbonyl (C=O) groups is 2. The van der Waals surface area contributed by atoms with Gasteiger partial charge in [0.05, 0.1) is 0 Å². The lowest BCUT2D eigenvalue weighted by atomic mass is 10.1. The normalized spacial score (nSPS) is 12.1. The number of rotatable bonds is 6. The van der Waals surface area contributed by atoms with E-state index in [9.17, 15) is 9.59 Å². The van der Waals surface area contributed by atoms with Gasteiger partial charge in [0.1, 0.15) is 6.10 Å². The fraction of sp³-hybridized carbons (Fsp3) is 0.500. The molecule has 0 radical (unpaired) electrons. The number of benzene rings is 1. The van der Waals surface area contributed by atoms with E-state index in [2.05, 4.69) is 10.6 Å². The molecule has 116 valence electrons. The van der Waals surface area contributed by atoms with E-state index in [1.54, 1.807) is 12.1 Å². The van der Waals surface area contributed by atoms with E-state index >= 15 is 0 Å². The minimum Gasteiger partial charge on any atom is -0.372 e. The van der Waals surface area contributed by atoms with Gasteiger partial charge in [-0.05, 0) is 44.9 Å². The summed E-state index contributed by atoms with van der Waals surface area (Å²) >= 11 is 0. The maximum absolute atomic E-state index is 12.0. The standard InChI is InChI=1S/C16H24N2O3/c1-6-14(21-5)16(20)18-13-9-12(8-7-11(13)4)15(19)17-10(2)3/h7-10,14H,6H2,1-5H3,(H,17,19)(H,18,20)/t14-/m0/s1. The lowest BCUT2D eigenvalue weighted by Crippen LogP contribution is -2.31. The minimum atomic E-state index is -0.488. The zero-order valence-electron chi connectivity index (χ0n) is 13.3. The van der Waals surface area contributed by atoms with Gasteiger partial charge >= 0.3 is 0 Å². The van der Waals surface area contributed by atoms with Gasteiger partial charge in [-0.25, -0.2) is 0 Å². The van der Waals surface area contributed by atoms with Crippen LogP contribution in [0, 0.1) is 6.92 Å². The van der Waals surface area contributed by atoms with Gasteiger partial charge in [0.2, 0.25) is 0 Å². The molecule has 5 nitrogen and oxygen atoms in total. The average Bonchev–Trinajstić information content (AvgIpc) is 2.41. The molecule has 1 aromatic rings. The molecule has 0 fully saturated rings. The number of methoxy groups -OCH3 is 1. The van der Waals surface area contributed by atoms with Crippen molar-refractivity contribution in [2.75, 3.05) is 12.4 Å². The molecule has 5 heteroatoms. The van der Waals surface area contributed by atoms with E-state index < -0.39 is 6.10 Å². The maximum Gasteiger partial charge on any atom is 0.253 e. The highest BCUT2D eigenvalue weighted by Gasteiger charge is 2.17. The van der Waals surface area contributed by atoms with Crippen LogP contribution >= 0.6 is 0 Å². The Morgan fingerprint density at radius 3 is 2.48 bits per heavy atom. The van der Waals surface area contributed by atoms with Crippen LogP contribution in [0.25, 0.3) is 0 Å². The molecule has 0 saturated heterocycles. The first-order valence-corrected chi connectivity index (χ1v) is 7.14. The molecule has 0 unspecified atom stereocenters. The first-order valence-electron chi connectivity index (χ1n) is 7.14. The third-order valence-electron chi connectivity index (χ3n) is 3.13. The second kappa shape index (κ2) is 7.78. The molecule has 0 spiro atoms. The summed E-state index contributed by atoms with van der Waals surface area (Å²) in [6.07, 6.45) is 0.104. The van der Waals surface area contributed by atoms with Crippen molar-refractivity contribution in [1.82, 2.24) is 5.32 Å². The Hall–Kier alpha value is -1.88. The predicted octanol–water partition coefficient (Wildman–Crippen LogP) is 2.50. The van der Waals surface area contributed by atoms with Crippen LogP contribution in [0.5, 0.6) is 0 Å². The van der Waals surface area contributed by atoms with Crippen molar-refractivity contribution in [3.63, 3.8) is 0 Å². The quantitative estimate of drug-likeness (QED) is 0.846. The number of hydrogen-bond acceptors (Lipinski definition) is 3. The second-order valence-corrected chi connectivity index (χ2v) is 5.28. The van der Waals surface area contributed by atoms with Crippen LogP contribution in [0.1, 0.15) is 43.1 Å². The Kier molecular flexibility index (Phi) is 6.37. The van der Waals surface area contributed by atoms with E-state index in [1.807, 2.05) is 33.8 Å². The van der Waals surface area contributed by atoms with Gasteiger partial charge in [0.15, 0.2) is 0 Å². The van der Waals surface area contributed by atoms with Crippen LogP contribution in [0.4, 0.5) is 5.69 Å². The molecule has 0 bridgehead atoms. The van der Waals surface area contributed by atoms with Gasteiger partial charge in [0, 0.05) is 24.4 Å². The Labute approximate surface area is 126 Å². The maximum atomic E-state index is 12.0. The number of nitrogens with one attached hydrogen (secondary N) is 2. The minimum absolute atomic E-state index is 0.0646. The second-order valence-electron chi connectivity index (χ2n) is 5.28. The molecule has 2 N–H and O–H groups in total. The number of anilines is 1. The molecule has 2 amide bonds. The summed E-state index contributed by atoms with van der Waals surface area (Å²) < 4.78 is 5.11. The van der Waals surface area contributed by atoms with Crippen molar-refractivity contribution in [3.8, 4) is 0 Å². The van der Waals surface area contributed by atoms with Crippen LogP contribution in [-0.4, -0.2) is 31.1 Å². The van der Waals surface area contributed by atoms with E-state index in [1.165, 1.54) is 7.11 Å². The third kappa shape index (κ3) is 4.86. The Bertz CT molecular complexity index is 508. The smallest absolute Gasteiger partial charge is 0.253 e. The molecule has 0 saturated carbocycles. The first kappa shape index (κ1) is 17.2. The molecule has 0 aromatic heterocycles. The summed E-state index contributed by atoms with van der Waals surface area (Å²) in [7, 11) is 1.51. The summed E-state index contributed by atoms with van der Waals surface area (Å²) in [6.45, 7) is 7.57. The SMILES string of the molecule is CC[C@H](OC)C(=O)Nc1cc(C(=O)NC(C)C)ccc1C. The molecular formula is C16H24N2O3. The third-order valence-corrected chi connectivity index (χ3v) is 3.13. The zero-order chi connectivity index (χ0) is 16.0. The largest absolute Gasteiger partial charge is 0.372 e. The van der Waals surface area contributed by atoms with Crippen LogP contribution in [0.15, 0.2) is 18.2 Å². The van der Waals surface area contributed by atoms with Crippen molar-refractivity contribution < 1.29 is 14.3 Å². The van der Waals surface area contributed by atoms with Crippen molar-refractivity contribution in [2.45, 2.75) is 46.3 Å². The predicted molar refractivity (Wildman–Crippen MR) is 83.5 cm³/mol. The highest BCUT2D eigenvalue weighted by Crippen LogP contribution is 2.18. The molecule has 1 rings (SSSR count). The molecule has 0 aliphatic carbocycles. The molecule has 1 atom stereocenters. The molecule has 0 aliphatic heterocycles. The Balaban J connectivity index is 2.92. The molecular weight excluding hydrogens is 268 g/mol. The van der Waals surface area contributed by atoms with Gasteiger partial charge in [0.25, 0.3) is 11.8 Å². The lowest BCUT2D eigenvalue weighted by Gasteiger charge is -2.16. The van der Waals surface area contributed by atoms with E-state index in [0.29, 0.717) is 17.7 Å². The van der Waals surface area contributed by atoms with Crippen LogP contribution < -0.4 is 10.6 Å². The van der Waals surface area contributed by atoms with Crippen LogP contribution in [0.3, 0.4) is 0 Å². The zero-order valence-corrected chi connectivity index (χ0v) is 13.3. The lowest BCUT2D eigenvalue weighted by molar-refractivity contribution is -0.125. The van der Waals surface area contributed by atoms with Gasteiger partial charge < -0.3 is 15.4 Å². The molecule has 0 heterocycles. The molecule has 21 heavy (non-hydrogen) atoms. The average molecular weight is 292 g/mol. The fourth-order valence-electron chi connectivity index (χ4n) is 1.92. The molecule has 0 aliphatic rings. The van der Waals surface area contributed by atoms with Crippen molar-refractivity contribution >= 4 is 17.5 Å². The van der Waals surface area contributed by atoms with Gasteiger partial charge in [-0.3, -0.25) is 9.59 Å². The topological polar surface area (TPSA) is 67.4 Å². The number of ether oxygens (including phenoxy) is 1.